The molecule has 0 saturated heterocycles. The number of rotatable bonds is 14. The first-order valence-corrected chi connectivity index (χ1v) is 12.9. The van der Waals surface area contributed by atoms with Crippen LogP contribution in [0.15, 0.2) is 78.5 Å². The van der Waals surface area contributed by atoms with Gasteiger partial charge in [-0.15, -0.1) is 0 Å². The maximum Gasteiger partial charge on any atom is 0.267 e. The molecular weight excluding hydrogens is 494 g/mol. The second kappa shape index (κ2) is 15.2. The molecule has 0 aromatic heterocycles. The molecule has 0 aliphatic rings. The first kappa shape index (κ1) is 29.3. The summed E-state index contributed by atoms with van der Waals surface area (Å²) < 4.78 is 16.8. The molecule has 8 heteroatoms. The predicted octanol–water partition coefficient (Wildman–Crippen LogP) is 4.30. The van der Waals surface area contributed by atoms with E-state index in [1.807, 2.05) is 81.7 Å². The van der Waals surface area contributed by atoms with Crippen molar-refractivity contribution in [1.29, 1.82) is 0 Å². The van der Waals surface area contributed by atoms with E-state index in [-0.39, 0.29) is 17.5 Å². The third-order valence-corrected chi connectivity index (χ3v) is 5.74. The van der Waals surface area contributed by atoms with Gasteiger partial charge in [0, 0.05) is 12.1 Å². The van der Waals surface area contributed by atoms with E-state index in [4.69, 9.17) is 14.2 Å². The lowest BCUT2D eigenvalue weighted by Crippen LogP contribution is -2.36. The average molecular weight is 532 g/mol. The number of aryl methyl sites for hydroxylation is 1. The van der Waals surface area contributed by atoms with Crippen LogP contribution >= 0.6 is 0 Å². The minimum absolute atomic E-state index is 0.171. The number of carbonyl (C=O) groups excluding carboxylic acids is 2. The van der Waals surface area contributed by atoms with Crippen molar-refractivity contribution in [1.82, 2.24) is 15.5 Å². The Kier molecular flexibility index (Phi) is 11.4. The maximum absolute atomic E-state index is 13.0. The Hall–Kier alpha value is -4.30. The lowest BCUT2D eigenvalue weighted by Gasteiger charge is -2.13. The number of nitrogens with one attached hydrogen (secondary N) is 2. The van der Waals surface area contributed by atoms with Gasteiger partial charge in [-0.3, -0.25) is 9.59 Å². The van der Waals surface area contributed by atoms with Crippen LogP contribution in [0, 0.1) is 6.92 Å². The molecule has 0 aliphatic heterocycles. The molecule has 0 heterocycles. The van der Waals surface area contributed by atoms with Gasteiger partial charge >= 0.3 is 0 Å². The number of methoxy groups -OCH3 is 1. The number of amides is 2. The number of benzene rings is 3. The quantitative estimate of drug-likeness (QED) is 0.238. The molecule has 0 bridgehead atoms. The predicted molar refractivity (Wildman–Crippen MR) is 153 cm³/mol. The van der Waals surface area contributed by atoms with Gasteiger partial charge in [0.05, 0.1) is 7.11 Å². The summed E-state index contributed by atoms with van der Waals surface area (Å²) in [6.45, 7) is 4.00. The fourth-order valence-electron chi connectivity index (χ4n) is 3.63. The number of para-hydroxylation sites is 2. The summed E-state index contributed by atoms with van der Waals surface area (Å²) in [6.07, 6.45) is 2.45. The molecule has 2 amide bonds. The fraction of sp³-hybridized carbons (Fsp3) is 0.290. The third-order valence-electron chi connectivity index (χ3n) is 5.74. The Morgan fingerprint density at radius 2 is 1.54 bits per heavy atom. The molecule has 0 radical (unpaired) electrons. The summed E-state index contributed by atoms with van der Waals surface area (Å²) in [5, 5.41) is 5.67. The van der Waals surface area contributed by atoms with E-state index in [0.717, 1.165) is 24.1 Å². The molecule has 0 atom stereocenters. The summed E-state index contributed by atoms with van der Waals surface area (Å²) in [7, 11) is 5.56. The van der Waals surface area contributed by atoms with Crippen molar-refractivity contribution >= 4 is 17.9 Å². The molecule has 3 aromatic carbocycles. The largest absolute Gasteiger partial charge is 0.493 e. The Morgan fingerprint density at radius 1 is 0.872 bits per heavy atom. The highest BCUT2D eigenvalue weighted by Crippen LogP contribution is 2.25. The van der Waals surface area contributed by atoms with Gasteiger partial charge in [-0.2, -0.15) is 0 Å². The summed E-state index contributed by atoms with van der Waals surface area (Å²) in [5.41, 5.74) is 2.44. The minimum Gasteiger partial charge on any atom is -0.493 e. The van der Waals surface area contributed by atoms with E-state index in [2.05, 4.69) is 15.5 Å². The molecule has 0 saturated carbocycles. The lowest BCUT2D eigenvalue weighted by atomic mass is 10.1. The van der Waals surface area contributed by atoms with Crippen molar-refractivity contribution in [2.45, 2.75) is 13.3 Å². The normalized spacial score (nSPS) is 11.2. The number of ether oxygens (including phenoxy) is 3. The number of hydrogen-bond donors (Lipinski definition) is 2. The molecule has 3 rings (SSSR count). The number of carbonyl (C=O) groups is 2. The number of nitrogens with zero attached hydrogens (tertiary/aromatic N) is 1. The molecule has 39 heavy (non-hydrogen) atoms. The van der Waals surface area contributed by atoms with Crippen LogP contribution in [0.2, 0.25) is 0 Å². The highest BCUT2D eigenvalue weighted by Gasteiger charge is 2.14. The Morgan fingerprint density at radius 3 is 2.21 bits per heavy atom. The van der Waals surface area contributed by atoms with Gasteiger partial charge < -0.3 is 29.7 Å². The summed E-state index contributed by atoms with van der Waals surface area (Å²) in [6, 6.07) is 21.9. The van der Waals surface area contributed by atoms with Crippen LogP contribution in [0.3, 0.4) is 0 Å². The highest BCUT2D eigenvalue weighted by molar-refractivity contribution is 6.05. The van der Waals surface area contributed by atoms with Crippen molar-refractivity contribution in [2.24, 2.45) is 0 Å². The van der Waals surface area contributed by atoms with Crippen LogP contribution in [0.4, 0.5) is 0 Å². The van der Waals surface area contributed by atoms with Crippen molar-refractivity contribution in [3.63, 3.8) is 0 Å². The van der Waals surface area contributed by atoms with Gasteiger partial charge in [-0.25, -0.2) is 0 Å². The molecule has 0 fully saturated rings. The highest BCUT2D eigenvalue weighted by atomic mass is 16.5. The third kappa shape index (κ3) is 9.83. The molecule has 0 aliphatic carbocycles. The van der Waals surface area contributed by atoms with E-state index in [0.29, 0.717) is 42.6 Å². The van der Waals surface area contributed by atoms with E-state index in [1.54, 1.807) is 25.3 Å². The minimum atomic E-state index is -0.348. The van der Waals surface area contributed by atoms with Crippen molar-refractivity contribution in [2.75, 3.05) is 47.5 Å². The van der Waals surface area contributed by atoms with Crippen LogP contribution in [-0.2, 0) is 4.79 Å². The molecule has 206 valence electrons. The smallest absolute Gasteiger partial charge is 0.267 e. The van der Waals surface area contributed by atoms with Gasteiger partial charge in [0.15, 0.2) is 11.5 Å². The lowest BCUT2D eigenvalue weighted by molar-refractivity contribution is -0.117. The first-order valence-electron chi connectivity index (χ1n) is 12.9. The van der Waals surface area contributed by atoms with Crippen molar-refractivity contribution < 1.29 is 23.8 Å². The molecule has 0 unspecified atom stereocenters. The van der Waals surface area contributed by atoms with Gasteiger partial charge in [0.2, 0.25) is 0 Å². The van der Waals surface area contributed by atoms with Gasteiger partial charge in [0.1, 0.15) is 24.7 Å². The second-order valence-corrected chi connectivity index (χ2v) is 9.21. The monoisotopic (exact) mass is 531 g/mol. The zero-order valence-electron chi connectivity index (χ0n) is 23.0. The van der Waals surface area contributed by atoms with E-state index < -0.39 is 0 Å². The van der Waals surface area contributed by atoms with Crippen molar-refractivity contribution in [3.8, 4) is 17.2 Å². The van der Waals surface area contributed by atoms with Gasteiger partial charge in [-0.1, -0.05) is 42.0 Å². The SMILES string of the molecule is COc1ccccc1OCCOc1ccc(/C=C(/NC(=O)c2ccc(C)cc2)C(=O)NCCCN(C)C)cc1. The van der Waals surface area contributed by atoms with Crippen LogP contribution in [-0.4, -0.2) is 64.2 Å². The molecule has 8 nitrogen and oxygen atoms in total. The first-order chi connectivity index (χ1) is 18.9. The zero-order chi connectivity index (χ0) is 28.0. The average Bonchev–Trinajstić information content (AvgIpc) is 2.94. The number of hydrogen-bond acceptors (Lipinski definition) is 6. The Bertz CT molecular complexity index is 1240. The maximum atomic E-state index is 13.0. The van der Waals surface area contributed by atoms with Crippen LogP contribution in [0.25, 0.3) is 6.08 Å². The van der Waals surface area contributed by atoms with Crippen LogP contribution < -0.4 is 24.8 Å². The van der Waals surface area contributed by atoms with E-state index in [9.17, 15) is 9.59 Å². The van der Waals surface area contributed by atoms with Gasteiger partial charge in [-0.05, 0) is 82.0 Å². The summed E-state index contributed by atoms with van der Waals surface area (Å²) in [4.78, 5) is 27.9. The second-order valence-electron chi connectivity index (χ2n) is 9.21. The summed E-state index contributed by atoms with van der Waals surface area (Å²) in [5.74, 6) is 1.29. The molecule has 2 N–H and O–H groups in total. The topological polar surface area (TPSA) is 89.1 Å². The molecule has 0 spiro atoms. The fourth-order valence-corrected chi connectivity index (χ4v) is 3.63. The van der Waals surface area contributed by atoms with Gasteiger partial charge in [0.25, 0.3) is 11.8 Å². The Balaban J connectivity index is 1.63. The molecule has 3 aromatic rings. The standard InChI is InChI=1S/C31H37N3O5/c1-23-10-14-25(15-11-23)30(35)33-27(31(36)32-18-7-19-34(2)3)22-24-12-16-26(17-13-24)38-20-21-39-29-9-6-5-8-28(29)37-4/h5-6,8-17,22H,7,18-21H2,1-4H3,(H,32,36)(H,33,35)/b27-22+. The van der Waals surface area contributed by atoms with Crippen molar-refractivity contribution in [3.05, 3.63) is 95.2 Å². The summed E-state index contributed by atoms with van der Waals surface area (Å²) >= 11 is 0. The van der Waals surface area contributed by atoms with Crippen LogP contribution in [0.5, 0.6) is 17.2 Å². The van der Waals surface area contributed by atoms with E-state index in [1.165, 1.54) is 0 Å². The Labute approximate surface area is 230 Å². The van der Waals surface area contributed by atoms with E-state index >= 15 is 0 Å². The molecular formula is C31H37N3O5. The van der Waals surface area contributed by atoms with Crippen LogP contribution in [0.1, 0.15) is 27.9 Å². The zero-order valence-corrected chi connectivity index (χ0v) is 23.0.